The SMILES string of the molecule is CC1CCc2sc(C(=O)N3CCC(CNC(=O)c4ccoc4)CC3)cc2C1. The van der Waals surface area contributed by atoms with Crippen LogP contribution in [-0.4, -0.2) is 36.3 Å². The molecule has 1 atom stereocenters. The van der Waals surface area contributed by atoms with Crippen LogP contribution >= 0.6 is 11.3 Å². The van der Waals surface area contributed by atoms with Gasteiger partial charge in [-0.3, -0.25) is 9.59 Å². The molecule has 4 rings (SSSR count). The summed E-state index contributed by atoms with van der Waals surface area (Å²) in [6, 6.07) is 3.80. The van der Waals surface area contributed by atoms with Gasteiger partial charge in [-0.2, -0.15) is 0 Å². The summed E-state index contributed by atoms with van der Waals surface area (Å²) in [4.78, 5) is 29.2. The number of nitrogens with one attached hydrogen (secondary N) is 1. The van der Waals surface area contributed by atoms with Gasteiger partial charge in [-0.05, 0) is 61.6 Å². The second-order valence-electron chi connectivity index (χ2n) is 7.86. The van der Waals surface area contributed by atoms with E-state index in [1.165, 1.54) is 29.4 Å². The summed E-state index contributed by atoms with van der Waals surface area (Å²) in [5.74, 6) is 1.23. The van der Waals surface area contributed by atoms with Crippen LogP contribution < -0.4 is 5.32 Å². The van der Waals surface area contributed by atoms with Gasteiger partial charge in [-0.15, -0.1) is 11.3 Å². The first-order chi connectivity index (χ1) is 13.1. The fraction of sp³-hybridized carbons (Fsp3) is 0.524. The van der Waals surface area contributed by atoms with Crippen LogP contribution in [0.5, 0.6) is 0 Å². The third-order valence-electron chi connectivity index (χ3n) is 5.78. The number of piperidine rings is 1. The number of aryl methyl sites for hydroxylation is 1. The van der Waals surface area contributed by atoms with E-state index in [4.69, 9.17) is 4.42 Å². The number of amides is 2. The van der Waals surface area contributed by atoms with Gasteiger partial charge in [0.15, 0.2) is 0 Å². The summed E-state index contributed by atoms with van der Waals surface area (Å²) >= 11 is 1.70. The third-order valence-corrected chi connectivity index (χ3v) is 7.00. The van der Waals surface area contributed by atoms with E-state index in [0.29, 0.717) is 18.0 Å². The maximum absolute atomic E-state index is 12.9. The quantitative estimate of drug-likeness (QED) is 0.870. The molecule has 1 N–H and O–H groups in total. The van der Waals surface area contributed by atoms with Crippen molar-refractivity contribution in [3.8, 4) is 0 Å². The van der Waals surface area contributed by atoms with Crippen molar-refractivity contribution < 1.29 is 14.0 Å². The topological polar surface area (TPSA) is 62.6 Å². The number of hydrogen-bond donors (Lipinski definition) is 1. The van der Waals surface area contributed by atoms with E-state index in [1.807, 2.05) is 4.90 Å². The van der Waals surface area contributed by atoms with Gasteiger partial charge in [0.25, 0.3) is 11.8 Å². The lowest BCUT2D eigenvalue weighted by atomic mass is 9.90. The zero-order chi connectivity index (χ0) is 18.8. The summed E-state index contributed by atoms with van der Waals surface area (Å²) in [6.07, 6.45) is 8.28. The minimum absolute atomic E-state index is 0.0966. The molecule has 2 amide bonds. The van der Waals surface area contributed by atoms with Gasteiger partial charge >= 0.3 is 0 Å². The second kappa shape index (κ2) is 7.89. The lowest BCUT2D eigenvalue weighted by Crippen LogP contribution is -2.41. The number of likely N-dealkylation sites (tertiary alicyclic amines) is 1. The number of nitrogens with zero attached hydrogens (tertiary/aromatic N) is 1. The zero-order valence-electron chi connectivity index (χ0n) is 15.7. The first-order valence-corrected chi connectivity index (χ1v) is 10.6. The smallest absolute Gasteiger partial charge is 0.263 e. The predicted molar refractivity (Wildman–Crippen MR) is 105 cm³/mol. The summed E-state index contributed by atoms with van der Waals surface area (Å²) in [7, 11) is 0. The molecular formula is C21H26N2O3S. The largest absolute Gasteiger partial charge is 0.472 e. The van der Waals surface area contributed by atoms with Gasteiger partial charge in [0.05, 0.1) is 16.7 Å². The molecule has 3 heterocycles. The van der Waals surface area contributed by atoms with Crippen molar-refractivity contribution in [1.29, 1.82) is 0 Å². The molecule has 2 aliphatic rings. The monoisotopic (exact) mass is 386 g/mol. The van der Waals surface area contributed by atoms with E-state index in [9.17, 15) is 9.59 Å². The highest BCUT2D eigenvalue weighted by Crippen LogP contribution is 2.33. The van der Waals surface area contributed by atoms with Crippen LogP contribution in [0.25, 0.3) is 0 Å². The van der Waals surface area contributed by atoms with E-state index >= 15 is 0 Å². The highest BCUT2D eigenvalue weighted by Gasteiger charge is 2.27. The maximum atomic E-state index is 12.9. The highest BCUT2D eigenvalue weighted by atomic mass is 32.1. The van der Waals surface area contributed by atoms with Gasteiger partial charge < -0.3 is 14.6 Å². The van der Waals surface area contributed by atoms with Crippen molar-refractivity contribution in [3.05, 3.63) is 45.5 Å². The summed E-state index contributed by atoms with van der Waals surface area (Å²) < 4.78 is 4.94. The molecule has 0 saturated carbocycles. The van der Waals surface area contributed by atoms with Gasteiger partial charge in [0.2, 0.25) is 0 Å². The molecule has 1 fully saturated rings. The molecule has 0 spiro atoms. The van der Waals surface area contributed by atoms with Crippen molar-refractivity contribution in [1.82, 2.24) is 10.2 Å². The summed E-state index contributed by atoms with van der Waals surface area (Å²) in [6.45, 7) is 4.48. The van der Waals surface area contributed by atoms with Crippen LogP contribution in [-0.2, 0) is 12.8 Å². The zero-order valence-corrected chi connectivity index (χ0v) is 16.5. The fourth-order valence-electron chi connectivity index (χ4n) is 4.04. The predicted octanol–water partition coefficient (Wildman–Crippen LogP) is 3.75. The Morgan fingerprint density at radius 2 is 2.11 bits per heavy atom. The van der Waals surface area contributed by atoms with Crippen LogP contribution in [0.4, 0.5) is 0 Å². The Bertz CT molecular complexity index is 804. The Balaban J connectivity index is 1.28. The molecule has 1 aliphatic heterocycles. The van der Waals surface area contributed by atoms with E-state index in [-0.39, 0.29) is 11.8 Å². The number of thiophene rings is 1. The van der Waals surface area contributed by atoms with Crippen LogP contribution in [0.2, 0.25) is 0 Å². The molecule has 0 radical (unpaired) electrons. The van der Waals surface area contributed by atoms with Crippen LogP contribution in [0.3, 0.4) is 0 Å². The van der Waals surface area contributed by atoms with Gasteiger partial charge in [-0.25, -0.2) is 0 Å². The van der Waals surface area contributed by atoms with Gasteiger partial charge in [-0.1, -0.05) is 6.92 Å². The number of furan rings is 1. The standard InChI is InChI=1S/C21H26N2O3S/c1-14-2-3-18-17(10-14)11-19(27-18)21(25)23-7-4-15(5-8-23)12-22-20(24)16-6-9-26-13-16/h6,9,11,13-15H,2-5,7-8,10,12H2,1H3,(H,22,24). The molecule has 0 aromatic carbocycles. The molecule has 1 unspecified atom stereocenters. The number of hydrogen-bond acceptors (Lipinski definition) is 4. The van der Waals surface area contributed by atoms with Crippen molar-refractivity contribution in [2.45, 2.75) is 39.0 Å². The van der Waals surface area contributed by atoms with Crippen LogP contribution in [0.1, 0.15) is 56.7 Å². The minimum Gasteiger partial charge on any atom is -0.472 e. The highest BCUT2D eigenvalue weighted by molar-refractivity contribution is 7.14. The minimum atomic E-state index is -0.0966. The van der Waals surface area contributed by atoms with E-state index in [0.717, 1.165) is 49.6 Å². The van der Waals surface area contributed by atoms with E-state index in [2.05, 4.69) is 18.3 Å². The average molecular weight is 387 g/mol. The van der Waals surface area contributed by atoms with Crippen molar-refractivity contribution in [3.63, 3.8) is 0 Å². The van der Waals surface area contributed by atoms with Gasteiger partial charge in [0.1, 0.15) is 6.26 Å². The molecular weight excluding hydrogens is 360 g/mol. The third kappa shape index (κ3) is 4.10. The molecule has 1 saturated heterocycles. The summed E-state index contributed by atoms with van der Waals surface area (Å²) in [5, 5.41) is 2.97. The average Bonchev–Trinajstić information content (AvgIpc) is 3.35. The molecule has 2 aromatic heterocycles. The molecule has 1 aliphatic carbocycles. The molecule has 5 nitrogen and oxygen atoms in total. The molecule has 27 heavy (non-hydrogen) atoms. The number of carbonyl (C=O) groups is 2. The Morgan fingerprint density at radius 1 is 1.30 bits per heavy atom. The second-order valence-corrected chi connectivity index (χ2v) is 9.00. The van der Waals surface area contributed by atoms with Crippen molar-refractivity contribution >= 4 is 23.2 Å². The van der Waals surface area contributed by atoms with Crippen molar-refractivity contribution in [2.24, 2.45) is 11.8 Å². The number of carbonyl (C=O) groups excluding carboxylic acids is 2. The molecule has 6 heteroatoms. The number of fused-ring (bicyclic) bond motifs is 1. The van der Waals surface area contributed by atoms with Crippen LogP contribution in [0, 0.1) is 11.8 Å². The molecule has 0 bridgehead atoms. The lowest BCUT2D eigenvalue weighted by molar-refractivity contribution is 0.0689. The fourth-order valence-corrected chi connectivity index (χ4v) is 5.22. The Labute approximate surface area is 163 Å². The Kier molecular flexibility index (Phi) is 5.34. The first kappa shape index (κ1) is 18.3. The Hall–Kier alpha value is -2.08. The molecule has 144 valence electrons. The Morgan fingerprint density at radius 3 is 2.85 bits per heavy atom. The van der Waals surface area contributed by atoms with Crippen LogP contribution in [0.15, 0.2) is 29.1 Å². The molecule has 2 aromatic rings. The lowest BCUT2D eigenvalue weighted by Gasteiger charge is -2.31. The van der Waals surface area contributed by atoms with Gasteiger partial charge in [0, 0.05) is 24.5 Å². The maximum Gasteiger partial charge on any atom is 0.263 e. The summed E-state index contributed by atoms with van der Waals surface area (Å²) in [5.41, 5.74) is 1.94. The van der Waals surface area contributed by atoms with E-state index < -0.39 is 0 Å². The normalized spacial score (nSPS) is 20.3. The first-order valence-electron chi connectivity index (χ1n) is 9.81. The van der Waals surface area contributed by atoms with Crippen molar-refractivity contribution in [2.75, 3.05) is 19.6 Å². The number of rotatable bonds is 4. The van der Waals surface area contributed by atoms with E-state index in [1.54, 1.807) is 17.4 Å².